The smallest absolute Gasteiger partial charge is 0.221 e. The molecule has 0 aliphatic heterocycles. The summed E-state index contributed by atoms with van der Waals surface area (Å²) in [6.07, 6.45) is 0.962. The first-order chi connectivity index (χ1) is 14.6. The van der Waals surface area contributed by atoms with Gasteiger partial charge < -0.3 is 11.1 Å². The Morgan fingerprint density at radius 1 is 0.903 bits per heavy atom. The van der Waals surface area contributed by atoms with E-state index in [4.69, 9.17) is 5.73 Å². The number of carbonyl (C=O) groups is 1. The van der Waals surface area contributed by atoms with E-state index >= 15 is 0 Å². The van der Waals surface area contributed by atoms with Crippen LogP contribution in [-0.4, -0.2) is 5.91 Å². The second-order valence-corrected chi connectivity index (χ2v) is 8.18. The lowest BCUT2D eigenvalue weighted by atomic mass is 9.95. The lowest BCUT2D eigenvalue weighted by molar-refractivity contribution is -0.114. The SMILES string of the molecule is CC(=O)Nc1c(-c2ccc(C3CC3(N)c3ccccc3)cc2)ccc2ccccc12.Cl. The number of carbonyl (C=O) groups excluding carboxylic acids is 1. The van der Waals surface area contributed by atoms with Gasteiger partial charge in [0.15, 0.2) is 0 Å². The van der Waals surface area contributed by atoms with Crippen molar-refractivity contribution >= 4 is 34.8 Å². The molecular formula is C27H25ClN2O. The second-order valence-electron chi connectivity index (χ2n) is 8.18. The number of rotatable bonds is 4. The zero-order valence-electron chi connectivity index (χ0n) is 17.3. The van der Waals surface area contributed by atoms with Gasteiger partial charge in [0, 0.05) is 29.3 Å². The van der Waals surface area contributed by atoms with E-state index in [1.54, 1.807) is 6.92 Å². The Hall–Kier alpha value is -3.14. The molecule has 4 aromatic rings. The average molecular weight is 429 g/mol. The topological polar surface area (TPSA) is 55.1 Å². The van der Waals surface area contributed by atoms with Crippen molar-refractivity contribution in [3.63, 3.8) is 0 Å². The molecule has 1 amide bonds. The molecule has 0 saturated heterocycles. The molecule has 1 fully saturated rings. The maximum Gasteiger partial charge on any atom is 0.221 e. The molecule has 3 N–H and O–H groups in total. The third-order valence-corrected chi connectivity index (χ3v) is 6.17. The van der Waals surface area contributed by atoms with Crippen LogP contribution >= 0.6 is 12.4 Å². The van der Waals surface area contributed by atoms with Gasteiger partial charge in [-0.05, 0) is 28.5 Å². The fourth-order valence-electron chi connectivity index (χ4n) is 4.48. The molecule has 0 heterocycles. The summed E-state index contributed by atoms with van der Waals surface area (Å²) >= 11 is 0. The number of benzene rings is 4. The van der Waals surface area contributed by atoms with Crippen LogP contribution in [0.2, 0.25) is 0 Å². The highest BCUT2D eigenvalue weighted by atomic mass is 35.5. The zero-order chi connectivity index (χ0) is 20.7. The molecule has 156 valence electrons. The first-order valence-electron chi connectivity index (χ1n) is 10.3. The summed E-state index contributed by atoms with van der Waals surface area (Å²) in [4.78, 5) is 11.9. The van der Waals surface area contributed by atoms with Crippen molar-refractivity contribution in [3.05, 3.63) is 102 Å². The summed E-state index contributed by atoms with van der Waals surface area (Å²) in [7, 11) is 0. The molecule has 5 rings (SSSR count). The highest BCUT2D eigenvalue weighted by Crippen LogP contribution is 2.56. The largest absolute Gasteiger partial charge is 0.325 e. The Morgan fingerprint density at radius 3 is 2.29 bits per heavy atom. The molecule has 4 aromatic carbocycles. The lowest BCUT2D eigenvalue weighted by Crippen LogP contribution is -2.21. The molecule has 0 radical (unpaired) electrons. The number of hydrogen-bond donors (Lipinski definition) is 2. The monoisotopic (exact) mass is 428 g/mol. The summed E-state index contributed by atoms with van der Waals surface area (Å²) in [5.74, 6) is 0.262. The van der Waals surface area contributed by atoms with Crippen LogP contribution in [0.15, 0.2) is 91.0 Å². The fourth-order valence-corrected chi connectivity index (χ4v) is 4.48. The third-order valence-electron chi connectivity index (χ3n) is 6.17. The maximum absolute atomic E-state index is 11.9. The van der Waals surface area contributed by atoms with Gasteiger partial charge in [-0.15, -0.1) is 12.4 Å². The predicted octanol–water partition coefficient (Wildman–Crippen LogP) is 6.23. The minimum absolute atomic E-state index is 0. The minimum atomic E-state index is -0.271. The molecule has 2 atom stereocenters. The van der Waals surface area contributed by atoms with Crippen molar-refractivity contribution < 1.29 is 4.79 Å². The summed E-state index contributed by atoms with van der Waals surface area (Å²) in [6.45, 7) is 1.55. The van der Waals surface area contributed by atoms with Gasteiger partial charge in [0.1, 0.15) is 0 Å². The van der Waals surface area contributed by atoms with E-state index in [1.165, 1.54) is 11.1 Å². The van der Waals surface area contributed by atoms with Crippen molar-refractivity contribution in [2.24, 2.45) is 5.73 Å². The average Bonchev–Trinajstić information content (AvgIpc) is 3.47. The van der Waals surface area contributed by atoms with Gasteiger partial charge in [0.25, 0.3) is 0 Å². The Balaban J connectivity index is 0.00000231. The van der Waals surface area contributed by atoms with Crippen molar-refractivity contribution in [3.8, 4) is 11.1 Å². The molecule has 3 nitrogen and oxygen atoms in total. The van der Waals surface area contributed by atoms with Crippen LogP contribution < -0.4 is 11.1 Å². The highest BCUT2D eigenvalue weighted by Gasteiger charge is 2.52. The third kappa shape index (κ3) is 3.83. The summed E-state index contributed by atoms with van der Waals surface area (Å²) < 4.78 is 0. The molecule has 1 aliphatic rings. The molecule has 1 aliphatic carbocycles. The Morgan fingerprint density at radius 2 is 1.58 bits per heavy atom. The summed E-state index contributed by atoms with van der Waals surface area (Å²) in [5, 5.41) is 5.19. The molecular weight excluding hydrogens is 404 g/mol. The Kier molecular flexibility index (Phi) is 5.57. The van der Waals surface area contributed by atoms with Crippen LogP contribution in [0.4, 0.5) is 5.69 Å². The highest BCUT2D eigenvalue weighted by molar-refractivity contribution is 6.07. The first-order valence-corrected chi connectivity index (χ1v) is 10.3. The first kappa shape index (κ1) is 21.1. The van der Waals surface area contributed by atoms with Crippen LogP contribution in [0.3, 0.4) is 0 Å². The maximum atomic E-state index is 11.9. The summed E-state index contributed by atoms with van der Waals surface area (Å²) in [5.41, 5.74) is 11.8. The van der Waals surface area contributed by atoms with Crippen LogP contribution in [0.5, 0.6) is 0 Å². The van der Waals surface area contributed by atoms with E-state index in [9.17, 15) is 4.79 Å². The Bertz CT molecular complexity index is 1240. The van der Waals surface area contributed by atoms with Gasteiger partial charge in [-0.1, -0.05) is 91.0 Å². The van der Waals surface area contributed by atoms with Crippen molar-refractivity contribution in [1.29, 1.82) is 0 Å². The number of nitrogens with one attached hydrogen (secondary N) is 1. The fraction of sp³-hybridized carbons (Fsp3) is 0.148. The lowest BCUT2D eigenvalue weighted by Gasteiger charge is -2.15. The van der Waals surface area contributed by atoms with Crippen molar-refractivity contribution in [2.75, 3.05) is 5.32 Å². The van der Waals surface area contributed by atoms with Gasteiger partial charge >= 0.3 is 0 Å². The van der Waals surface area contributed by atoms with Gasteiger partial charge in [0.2, 0.25) is 5.91 Å². The van der Waals surface area contributed by atoms with Crippen LogP contribution in [0.25, 0.3) is 21.9 Å². The number of anilines is 1. The molecule has 1 saturated carbocycles. The van der Waals surface area contributed by atoms with Gasteiger partial charge in [-0.2, -0.15) is 0 Å². The summed E-state index contributed by atoms with van der Waals surface area (Å²) in [6, 6.07) is 31.3. The number of nitrogens with two attached hydrogens (primary N) is 1. The molecule has 0 bridgehead atoms. The molecule has 0 spiro atoms. The standard InChI is InChI=1S/C27H24N2O.ClH/c1-18(30)29-26-23-10-6-5-7-19(23)15-16-24(26)20-11-13-21(14-12-20)25-17-27(25,28)22-8-3-2-4-9-22;/h2-16,25H,17,28H2,1H3,(H,29,30);1H. The molecule has 31 heavy (non-hydrogen) atoms. The quantitative estimate of drug-likeness (QED) is 0.405. The van der Waals surface area contributed by atoms with Gasteiger partial charge in [-0.3, -0.25) is 4.79 Å². The van der Waals surface area contributed by atoms with Crippen LogP contribution in [0.1, 0.15) is 30.4 Å². The van der Waals surface area contributed by atoms with Crippen LogP contribution in [-0.2, 0) is 10.3 Å². The van der Waals surface area contributed by atoms with E-state index in [1.807, 2.05) is 36.4 Å². The molecule has 0 aromatic heterocycles. The van der Waals surface area contributed by atoms with E-state index < -0.39 is 0 Å². The zero-order valence-corrected chi connectivity index (χ0v) is 18.2. The number of fused-ring (bicyclic) bond motifs is 1. The normalized spacial score (nSPS) is 19.5. The molecule has 4 heteroatoms. The minimum Gasteiger partial charge on any atom is -0.325 e. The second kappa shape index (κ2) is 8.18. The number of halogens is 1. The van der Waals surface area contributed by atoms with E-state index in [0.29, 0.717) is 5.92 Å². The molecule has 2 unspecified atom stereocenters. The van der Waals surface area contributed by atoms with Crippen molar-refractivity contribution in [2.45, 2.75) is 24.8 Å². The van der Waals surface area contributed by atoms with Crippen LogP contribution in [0, 0.1) is 0 Å². The van der Waals surface area contributed by atoms with E-state index in [-0.39, 0.29) is 23.9 Å². The van der Waals surface area contributed by atoms with Gasteiger partial charge in [-0.25, -0.2) is 0 Å². The Labute approximate surface area is 188 Å². The van der Waals surface area contributed by atoms with E-state index in [0.717, 1.165) is 34.0 Å². The van der Waals surface area contributed by atoms with Gasteiger partial charge in [0.05, 0.1) is 5.69 Å². The number of amides is 1. The predicted molar refractivity (Wildman–Crippen MR) is 131 cm³/mol. The van der Waals surface area contributed by atoms with Crippen molar-refractivity contribution in [1.82, 2.24) is 0 Å². The number of hydrogen-bond acceptors (Lipinski definition) is 2. The van der Waals surface area contributed by atoms with E-state index in [2.05, 4.69) is 59.9 Å².